The smallest absolute Gasteiger partial charge is 0.309 e. The van der Waals surface area contributed by atoms with Crippen molar-refractivity contribution in [2.24, 2.45) is 0 Å². The molecule has 8 nitrogen and oxygen atoms in total. The van der Waals surface area contributed by atoms with Gasteiger partial charge in [0.05, 0.1) is 13.2 Å². The van der Waals surface area contributed by atoms with Crippen LogP contribution in [0.15, 0.2) is 52.1 Å². The number of aryl methyl sites for hydroxylation is 1. The first-order valence-corrected chi connectivity index (χ1v) is 11.6. The number of ether oxygens (including phenoxy) is 1. The Hall–Kier alpha value is -2.27. The molecule has 1 aromatic carbocycles. The molecule has 1 aromatic heterocycles. The molecule has 0 bridgehead atoms. The van der Waals surface area contributed by atoms with E-state index < -0.39 is 28.1 Å². The van der Waals surface area contributed by atoms with Gasteiger partial charge in [-0.15, -0.1) is 11.3 Å². The van der Waals surface area contributed by atoms with Gasteiger partial charge in [0.1, 0.15) is 10.4 Å². The number of sulfonamides is 1. The molecule has 1 aliphatic rings. The van der Waals surface area contributed by atoms with Gasteiger partial charge in [0.25, 0.3) is 10.0 Å². The molecular formula is C19H23N3O5S2. The summed E-state index contributed by atoms with van der Waals surface area (Å²) in [4.78, 5) is 23.9. The zero-order chi connectivity index (χ0) is 20.7. The summed E-state index contributed by atoms with van der Waals surface area (Å²) in [6, 6.07) is 13.0. The normalized spacial score (nSPS) is 17.2. The molecule has 1 atom stereocenters. The van der Waals surface area contributed by atoms with Gasteiger partial charge < -0.3 is 15.4 Å². The lowest BCUT2D eigenvalue weighted by atomic mass is 10.1. The van der Waals surface area contributed by atoms with Crippen LogP contribution in [0.5, 0.6) is 0 Å². The molecule has 29 heavy (non-hydrogen) atoms. The highest BCUT2D eigenvalue weighted by atomic mass is 32.2. The summed E-state index contributed by atoms with van der Waals surface area (Å²) in [6.45, 7) is 0.712. The number of thiophene rings is 1. The predicted molar refractivity (Wildman–Crippen MR) is 109 cm³/mol. The van der Waals surface area contributed by atoms with Gasteiger partial charge in [0, 0.05) is 13.1 Å². The van der Waals surface area contributed by atoms with E-state index in [0.29, 0.717) is 13.0 Å². The van der Waals surface area contributed by atoms with Crippen molar-refractivity contribution < 1.29 is 22.7 Å². The van der Waals surface area contributed by atoms with Crippen LogP contribution in [0.4, 0.5) is 0 Å². The first kappa shape index (κ1) is 21.4. The van der Waals surface area contributed by atoms with Gasteiger partial charge in [-0.25, -0.2) is 8.42 Å². The average molecular weight is 438 g/mol. The van der Waals surface area contributed by atoms with E-state index in [-0.39, 0.29) is 23.9 Å². The van der Waals surface area contributed by atoms with E-state index in [1.54, 1.807) is 11.4 Å². The van der Waals surface area contributed by atoms with E-state index in [2.05, 4.69) is 10.6 Å². The molecule has 1 aliphatic heterocycles. The van der Waals surface area contributed by atoms with Crippen molar-refractivity contribution in [1.29, 1.82) is 0 Å². The lowest BCUT2D eigenvalue weighted by molar-refractivity contribution is -0.139. The number of hydrogen-bond acceptors (Lipinski definition) is 6. The number of amides is 2. The van der Waals surface area contributed by atoms with Crippen molar-refractivity contribution in [1.82, 2.24) is 14.9 Å². The van der Waals surface area contributed by atoms with Crippen LogP contribution in [0.1, 0.15) is 12.0 Å². The molecule has 1 saturated heterocycles. The lowest BCUT2D eigenvalue weighted by Crippen LogP contribution is -2.47. The summed E-state index contributed by atoms with van der Waals surface area (Å²) in [7, 11) is -3.68. The van der Waals surface area contributed by atoms with Crippen LogP contribution in [-0.2, 0) is 30.8 Å². The minimum atomic E-state index is -3.68. The summed E-state index contributed by atoms with van der Waals surface area (Å²) in [5.74, 6) is -1.56. The fraction of sp³-hybridized carbons (Fsp3) is 0.368. The van der Waals surface area contributed by atoms with Gasteiger partial charge >= 0.3 is 11.8 Å². The Kier molecular flexibility index (Phi) is 7.37. The lowest BCUT2D eigenvalue weighted by Gasteiger charge is -2.22. The van der Waals surface area contributed by atoms with E-state index in [9.17, 15) is 18.0 Å². The molecule has 0 radical (unpaired) electrons. The second-order valence-electron chi connectivity index (χ2n) is 6.43. The van der Waals surface area contributed by atoms with Crippen molar-refractivity contribution in [2.45, 2.75) is 23.3 Å². The van der Waals surface area contributed by atoms with Crippen molar-refractivity contribution in [2.75, 3.05) is 26.2 Å². The van der Waals surface area contributed by atoms with E-state index in [0.717, 1.165) is 23.3 Å². The Balaban J connectivity index is 1.42. The van der Waals surface area contributed by atoms with E-state index in [4.69, 9.17) is 4.74 Å². The third kappa shape index (κ3) is 5.63. The highest BCUT2D eigenvalue weighted by Gasteiger charge is 2.37. The molecule has 2 N–H and O–H groups in total. The number of nitrogens with one attached hydrogen (secondary N) is 2. The molecule has 2 amide bonds. The monoisotopic (exact) mass is 437 g/mol. The molecular weight excluding hydrogens is 414 g/mol. The number of hydrogen-bond donors (Lipinski definition) is 2. The van der Waals surface area contributed by atoms with Gasteiger partial charge in [0.15, 0.2) is 0 Å². The molecule has 0 spiro atoms. The van der Waals surface area contributed by atoms with Gasteiger partial charge in [0.2, 0.25) is 0 Å². The predicted octanol–water partition coefficient (Wildman–Crippen LogP) is 0.960. The van der Waals surface area contributed by atoms with Crippen LogP contribution in [0, 0.1) is 0 Å². The Morgan fingerprint density at radius 1 is 1.10 bits per heavy atom. The van der Waals surface area contributed by atoms with Crippen LogP contribution in [0.3, 0.4) is 0 Å². The molecule has 0 aliphatic carbocycles. The summed E-state index contributed by atoms with van der Waals surface area (Å²) in [6.07, 6.45) is 0.674. The maximum Gasteiger partial charge on any atom is 0.309 e. The summed E-state index contributed by atoms with van der Waals surface area (Å²) in [5.41, 5.74) is 1.16. The molecule has 2 aromatic rings. The zero-order valence-electron chi connectivity index (χ0n) is 15.7. The Morgan fingerprint density at radius 2 is 1.86 bits per heavy atom. The number of carbonyl (C=O) groups excluding carboxylic acids is 2. The summed E-state index contributed by atoms with van der Waals surface area (Å²) >= 11 is 1.12. The third-order valence-electron chi connectivity index (χ3n) is 4.42. The van der Waals surface area contributed by atoms with Crippen LogP contribution < -0.4 is 10.6 Å². The van der Waals surface area contributed by atoms with Gasteiger partial charge in [-0.05, 0) is 29.9 Å². The maximum atomic E-state index is 12.6. The van der Waals surface area contributed by atoms with E-state index >= 15 is 0 Å². The molecule has 0 unspecified atom stereocenters. The third-order valence-corrected chi connectivity index (χ3v) is 7.68. The quantitative estimate of drug-likeness (QED) is 0.473. The Bertz CT molecular complexity index is 917. The molecule has 3 rings (SSSR count). The number of nitrogens with zero attached hydrogens (tertiary/aromatic N) is 1. The fourth-order valence-corrected chi connectivity index (χ4v) is 5.58. The minimum absolute atomic E-state index is 0.0964. The van der Waals surface area contributed by atoms with Crippen LogP contribution in [-0.4, -0.2) is 57.0 Å². The number of benzene rings is 1. The molecule has 1 fully saturated rings. The topological polar surface area (TPSA) is 105 Å². The molecule has 156 valence electrons. The summed E-state index contributed by atoms with van der Waals surface area (Å²) in [5, 5.41) is 6.70. The van der Waals surface area contributed by atoms with Crippen LogP contribution in [0.2, 0.25) is 0 Å². The maximum absolute atomic E-state index is 12.6. The van der Waals surface area contributed by atoms with Gasteiger partial charge in [-0.3, -0.25) is 9.59 Å². The largest absolute Gasteiger partial charge is 0.359 e. The molecule has 2 heterocycles. The first-order valence-electron chi connectivity index (χ1n) is 9.25. The van der Waals surface area contributed by atoms with Crippen LogP contribution in [0.25, 0.3) is 0 Å². The van der Waals surface area contributed by atoms with Gasteiger partial charge in [-0.1, -0.05) is 36.4 Å². The van der Waals surface area contributed by atoms with Crippen molar-refractivity contribution >= 4 is 33.2 Å². The zero-order valence-corrected chi connectivity index (χ0v) is 17.4. The second kappa shape index (κ2) is 9.97. The van der Waals surface area contributed by atoms with Crippen molar-refractivity contribution in [3.05, 3.63) is 53.4 Å². The summed E-state index contributed by atoms with van der Waals surface area (Å²) < 4.78 is 32.1. The highest BCUT2D eigenvalue weighted by molar-refractivity contribution is 7.91. The van der Waals surface area contributed by atoms with Gasteiger partial charge in [-0.2, -0.15) is 4.31 Å². The number of rotatable bonds is 8. The fourth-order valence-electron chi connectivity index (χ4n) is 2.95. The van der Waals surface area contributed by atoms with E-state index in [1.807, 2.05) is 30.3 Å². The van der Waals surface area contributed by atoms with Crippen molar-refractivity contribution in [3.8, 4) is 0 Å². The Morgan fingerprint density at radius 3 is 2.59 bits per heavy atom. The molecule has 0 saturated carbocycles. The highest BCUT2D eigenvalue weighted by Crippen LogP contribution is 2.25. The second-order valence-corrected chi connectivity index (χ2v) is 9.49. The van der Waals surface area contributed by atoms with E-state index in [1.165, 1.54) is 10.4 Å². The standard InChI is InChI=1S/C19H23N3O5S2/c23-18(20-10-4-8-15-6-2-1-3-7-15)19(24)21-14-16-22(11-12-27-16)29(25,26)17-9-5-13-28-17/h1-3,5-7,9,13,16H,4,8,10-12,14H2,(H,20,23)(H,21,24)/t16-/m0/s1. The molecule has 10 heteroatoms. The SMILES string of the molecule is O=C(NCCCc1ccccc1)C(=O)NC[C@@H]1OCCN1S(=O)(=O)c1cccs1. The van der Waals surface area contributed by atoms with Crippen molar-refractivity contribution in [3.63, 3.8) is 0 Å². The Labute approximate surface area is 173 Å². The number of carbonyl (C=O) groups is 2. The minimum Gasteiger partial charge on any atom is -0.359 e. The van der Waals surface area contributed by atoms with Crippen LogP contribution >= 0.6 is 11.3 Å². The average Bonchev–Trinajstić information content (AvgIpc) is 3.42. The first-order chi connectivity index (χ1) is 14.0.